The lowest BCUT2D eigenvalue weighted by atomic mass is 9.43. The highest BCUT2D eigenvalue weighted by Gasteiger charge is 2.63. The summed E-state index contributed by atoms with van der Waals surface area (Å²) in [6, 6.07) is 15.4. The molecule has 4 aliphatic carbocycles. The molecule has 0 bridgehead atoms. The Morgan fingerprint density at radius 3 is 2.17 bits per heavy atom. The van der Waals surface area contributed by atoms with Gasteiger partial charge in [-0.25, -0.2) is 0 Å². The second kappa shape index (κ2) is 12.5. The molecular formula is C37H50F3N3O3. The topological polar surface area (TPSA) is 99.6 Å². The van der Waals surface area contributed by atoms with Crippen molar-refractivity contribution in [2.24, 2.45) is 46.3 Å². The summed E-state index contributed by atoms with van der Waals surface area (Å²) >= 11 is 0. The van der Waals surface area contributed by atoms with Crippen molar-refractivity contribution in [2.75, 3.05) is 11.5 Å². The quantitative estimate of drug-likeness (QED) is 0.199. The molecule has 4 saturated carbocycles. The normalized spacial score (nSPS) is 36.1. The van der Waals surface area contributed by atoms with E-state index in [-0.39, 0.29) is 35.4 Å². The number of amides is 1. The zero-order valence-electron chi connectivity index (χ0n) is 27.3. The number of nitrogens with two attached hydrogens (primary N) is 2. The highest BCUT2D eigenvalue weighted by Crippen LogP contribution is 2.68. The number of halogens is 3. The number of anilines is 2. The molecule has 5 N–H and O–H groups in total. The lowest BCUT2D eigenvalue weighted by Crippen LogP contribution is -2.59. The molecule has 1 amide bonds. The highest BCUT2D eigenvalue weighted by atomic mass is 19.4. The van der Waals surface area contributed by atoms with E-state index in [1.165, 1.54) is 5.32 Å². The van der Waals surface area contributed by atoms with Gasteiger partial charge in [-0.15, -0.1) is 0 Å². The molecule has 6 nitrogen and oxygen atoms in total. The first kappa shape index (κ1) is 32.8. The van der Waals surface area contributed by atoms with Crippen molar-refractivity contribution in [2.45, 2.75) is 103 Å². The van der Waals surface area contributed by atoms with Crippen LogP contribution < -0.4 is 26.3 Å². The molecule has 252 valence electrons. The van der Waals surface area contributed by atoms with Crippen LogP contribution in [0.15, 0.2) is 48.5 Å². The van der Waals surface area contributed by atoms with Crippen LogP contribution in [0.4, 0.5) is 24.5 Å². The molecule has 0 aliphatic heterocycles. The summed E-state index contributed by atoms with van der Waals surface area (Å²) in [4.78, 5) is 12.0. The Kier molecular flexibility index (Phi) is 8.92. The summed E-state index contributed by atoms with van der Waals surface area (Å²) in [6.45, 7) is 7.06. The molecule has 0 spiro atoms. The maximum Gasteiger partial charge on any atom is 0.484 e. The molecule has 2 aromatic carbocycles. The lowest BCUT2D eigenvalue weighted by Gasteiger charge is -2.63. The highest BCUT2D eigenvalue weighted by molar-refractivity contribution is 5.76. The van der Waals surface area contributed by atoms with Crippen molar-refractivity contribution in [3.8, 4) is 11.5 Å². The summed E-state index contributed by atoms with van der Waals surface area (Å²) in [7, 11) is 0. The van der Waals surface area contributed by atoms with E-state index >= 15 is 0 Å². The first-order chi connectivity index (χ1) is 21.7. The standard InChI is InChI=1S/C37H50F3N3O3/c1-22(10-13-34(44)43-37(38,39)40)29-11-12-30-28-21-33(46-26-9-5-7-24(42)19-26)32-20-27(45-25-8-4-6-23(41)18-25)14-16-36(32,3)31(28)15-17-35(29,30)2/h4-9,18-19,22,27-33H,10-17,20-21,41-42H2,1-3H3,(H,43,44)/t22-,27?,28+,29-,30+,31+,32?,33?,35-,36-/m1/s1. The van der Waals surface area contributed by atoms with Gasteiger partial charge in [0.15, 0.2) is 0 Å². The molecule has 4 aliphatic rings. The van der Waals surface area contributed by atoms with Crippen LogP contribution in [-0.2, 0) is 4.79 Å². The van der Waals surface area contributed by atoms with E-state index in [9.17, 15) is 18.0 Å². The number of hydrogen-bond acceptors (Lipinski definition) is 5. The van der Waals surface area contributed by atoms with Crippen LogP contribution in [0.3, 0.4) is 0 Å². The Morgan fingerprint density at radius 1 is 0.891 bits per heavy atom. The predicted octanol–water partition coefficient (Wildman–Crippen LogP) is 8.37. The van der Waals surface area contributed by atoms with Gasteiger partial charge in [0.05, 0.1) is 6.10 Å². The number of hydrogen-bond donors (Lipinski definition) is 3. The van der Waals surface area contributed by atoms with E-state index in [2.05, 4.69) is 20.8 Å². The molecule has 46 heavy (non-hydrogen) atoms. The van der Waals surface area contributed by atoms with Crippen molar-refractivity contribution >= 4 is 17.3 Å². The molecule has 0 saturated heterocycles. The van der Waals surface area contributed by atoms with Gasteiger partial charge in [0, 0.05) is 35.8 Å². The fraction of sp³-hybridized carbons (Fsp3) is 0.649. The molecule has 4 fully saturated rings. The summed E-state index contributed by atoms with van der Waals surface area (Å²) in [5.41, 5.74) is 13.8. The van der Waals surface area contributed by atoms with Crippen LogP contribution in [0.2, 0.25) is 0 Å². The van der Waals surface area contributed by atoms with Gasteiger partial charge < -0.3 is 20.9 Å². The first-order valence-electron chi connectivity index (χ1n) is 17.2. The monoisotopic (exact) mass is 641 g/mol. The smallest absolute Gasteiger partial charge is 0.484 e. The summed E-state index contributed by atoms with van der Waals surface area (Å²) < 4.78 is 51.5. The maximum atomic E-state index is 12.7. The molecule has 2 aromatic rings. The molecule has 10 atom stereocenters. The number of carbonyl (C=O) groups excluding carboxylic acids is 1. The van der Waals surface area contributed by atoms with Gasteiger partial charge >= 0.3 is 6.30 Å². The van der Waals surface area contributed by atoms with Crippen LogP contribution in [0, 0.1) is 46.3 Å². The van der Waals surface area contributed by atoms with E-state index in [1.807, 2.05) is 48.5 Å². The van der Waals surface area contributed by atoms with E-state index in [1.54, 1.807) is 0 Å². The number of fused-ring (bicyclic) bond motifs is 5. The zero-order valence-corrected chi connectivity index (χ0v) is 27.3. The van der Waals surface area contributed by atoms with Crippen molar-refractivity contribution in [1.29, 1.82) is 0 Å². The van der Waals surface area contributed by atoms with E-state index in [4.69, 9.17) is 20.9 Å². The average molecular weight is 642 g/mol. The van der Waals surface area contributed by atoms with Gasteiger partial charge in [-0.3, -0.25) is 10.1 Å². The fourth-order valence-corrected chi connectivity index (χ4v) is 10.8. The molecule has 6 rings (SSSR count). The van der Waals surface area contributed by atoms with E-state index in [0.717, 1.165) is 62.9 Å². The maximum absolute atomic E-state index is 12.7. The van der Waals surface area contributed by atoms with E-state index < -0.39 is 12.2 Å². The van der Waals surface area contributed by atoms with Crippen molar-refractivity contribution in [3.05, 3.63) is 48.5 Å². The Morgan fingerprint density at radius 2 is 1.52 bits per heavy atom. The number of carbonyl (C=O) groups is 1. The van der Waals surface area contributed by atoms with Gasteiger partial charge in [-0.2, -0.15) is 13.2 Å². The third-order valence-corrected chi connectivity index (χ3v) is 12.8. The van der Waals surface area contributed by atoms with Gasteiger partial charge in [0.2, 0.25) is 5.91 Å². The number of alkyl halides is 3. The molecule has 9 heteroatoms. The van der Waals surface area contributed by atoms with Crippen molar-refractivity contribution in [1.82, 2.24) is 5.32 Å². The number of rotatable bonds is 8. The van der Waals surface area contributed by atoms with Crippen LogP contribution >= 0.6 is 0 Å². The minimum atomic E-state index is -4.68. The van der Waals surface area contributed by atoms with Crippen molar-refractivity contribution < 1.29 is 27.4 Å². The predicted molar refractivity (Wildman–Crippen MR) is 174 cm³/mol. The first-order valence-corrected chi connectivity index (χ1v) is 17.2. The third kappa shape index (κ3) is 6.52. The summed E-state index contributed by atoms with van der Waals surface area (Å²) in [5.74, 6) is 3.17. The van der Waals surface area contributed by atoms with Crippen LogP contribution in [0.5, 0.6) is 11.5 Å². The number of nitrogen functional groups attached to an aromatic ring is 2. The molecule has 0 heterocycles. The van der Waals surface area contributed by atoms with Gasteiger partial charge in [-0.05, 0) is 122 Å². The Bertz CT molecular complexity index is 1400. The SMILES string of the molecule is C[C@H](CCC(=O)NC(F)(F)F)[C@H]1CC[C@H]2[C@@H]3CC(Oc4cccc(N)c4)C4CC(Oc5cccc(N)c5)CC[C@]4(C)[C@H]3CC[C@]12C. The second-order valence-corrected chi connectivity index (χ2v) is 15.3. The minimum Gasteiger partial charge on any atom is -0.490 e. The van der Waals surface area contributed by atoms with Gasteiger partial charge in [-0.1, -0.05) is 32.9 Å². The van der Waals surface area contributed by atoms with Gasteiger partial charge in [0.1, 0.15) is 17.6 Å². The molecular weight excluding hydrogens is 591 g/mol. The molecule has 3 unspecified atom stereocenters. The Balaban J connectivity index is 1.22. The zero-order chi connectivity index (χ0) is 32.9. The molecule has 0 radical (unpaired) electrons. The lowest BCUT2D eigenvalue weighted by molar-refractivity contribution is -0.170. The third-order valence-electron chi connectivity index (χ3n) is 12.8. The van der Waals surface area contributed by atoms with Crippen molar-refractivity contribution in [3.63, 3.8) is 0 Å². The number of benzene rings is 2. The van der Waals surface area contributed by atoms with Crippen LogP contribution in [0.1, 0.15) is 85.0 Å². The number of nitrogens with one attached hydrogen (secondary N) is 1. The molecule has 0 aromatic heterocycles. The average Bonchev–Trinajstić information content (AvgIpc) is 3.33. The summed E-state index contributed by atoms with van der Waals surface area (Å²) in [6.07, 6.45) is 4.19. The van der Waals surface area contributed by atoms with Gasteiger partial charge in [0.25, 0.3) is 0 Å². The second-order valence-electron chi connectivity index (χ2n) is 15.3. The van der Waals surface area contributed by atoms with Crippen LogP contribution in [0.25, 0.3) is 0 Å². The Labute approximate surface area is 271 Å². The fourth-order valence-electron chi connectivity index (χ4n) is 10.8. The minimum absolute atomic E-state index is 0.0187. The Hall–Kier alpha value is -3.10. The largest absolute Gasteiger partial charge is 0.490 e. The van der Waals surface area contributed by atoms with E-state index in [0.29, 0.717) is 47.4 Å². The number of ether oxygens (including phenoxy) is 2. The van der Waals surface area contributed by atoms with Crippen LogP contribution in [-0.4, -0.2) is 24.4 Å². The summed E-state index contributed by atoms with van der Waals surface area (Å²) in [5, 5.41) is 1.17.